The van der Waals surface area contributed by atoms with Gasteiger partial charge in [-0.15, -0.1) is 0 Å². The lowest BCUT2D eigenvalue weighted by molar-refractivity contribution is -0.116. The van der Waals surface area contributed by atoms with Crippen molar-refractivity contribution in [1.82, 2.24) is 9.78 Å². The molecule has 0 fully saturated rings. The summed E-state index contributed by atoms with van der Waals surface area (Å²) in [4.78, 5) is 12.5. The van der Waals surface area contributed by atoms with E-state index in [1.807, 2.05) is 16.9 Å². The fourth-order valence-corrected chi connectivity index (χ4v) is 3.20. The van der Waals surface area contributed by atoms with E-state index >= 15 is 0 Å². The average molecular weight is 326 g/mol. The number of nitriles is 1. The van der Waals surface area contributed by atoms with Gasteiger partial charge in [0.25, 0.3) is 0 Å². The molecule has 0 amide bonds. The largest absolute Gasteiger partial charge is 0.444 e. The zero-order valence-corrected chi connectivity index (χ0v) is 14.1. The summed E-state index contributed by atoms with van der Waals surface area (Å²) in [6.07, 6.45) is 4.82. The SMILES string of the molecule is CC(C)CCn1ccc([C@H]2C(C#N)=C(N)OC3=C2C(=O)CCC3)n1. The first kappa shape index (κ1) is 16.3. The standard InChI is InChI=1S/C18H22N4O2/c1-11(2)6-8-22-9-7-13(21-22)16-12(10-19)18(20)24-15-5-3-4-14(23)17(15)16/h7,9,11,16H,3-6,8,20H2,1-2H3/t16-/m1/s1. The molecule has 1 aromatic heterocycles. The fraction of sp³-hybridized carbons (Fsp3) is 0.500. The Balaban J connectivity index is 1.98. The van der Waals surface area contributed by atoms with E-state index in [2.05, 4.69) is 25.0 Å². The van der Waals surface area contributed by atoms with Crippen LogP contribution in [-0.4, -0.2) is 15.6 Å². The third-order valence-corrected chi connectivity index (χ3v) is 4.50. The van der Waals surface area contributed by atoms with E-state index in [-0.39, 0.29) is 17.2 Å². The molecule has 0 saturated heterocycles. The minimum Gasteiger partial charge on any atom is -0.444 e. The molecule has 1 atom stereocenters. The van der Waals surface area contributed by atoms with Gasteiger partial charge in [0.15, 0.2) is 5.78 Å². The molecular weight excluding hydrogens is 304 g/mol. The predicted octanol–water partition coefficient (Wildman–Crippen LogP) is 2.74. The number of aromatic nitrogens is 2. The van der Waals surface area contributed by atoms with Crippen LogP contribution in [0.25, 0.3) is 0 Å². The Bertz CT molecular complexity index is 764. The maximum Gasteiger partial charge on any atom is 0.205 e. The van der Waals surface area contributed by atoms with E-state index in [1.165, 1.54) is 0 Å². The highest BCUT2D eigenvalue weighted by molar-refractivity contribution is 5.99. The van der Waals surface area contributed by atoms with Gasteiger partial charge in [-0.05, 0) is 24.8 Å². The summed E-state index contributed by atoms with van der Waals surface area (Å²) in [6, 6.07) is 3.98. The molecule has 2 N–H and O–H groups in total. The molecule has 2 aliphatic rings. The molecule has 24 heavy (non-hydrogen) atoms. The predicted molar refractivity (Wildman–Crippen MR) is 88.2 cm³/mol. The number of hydrogen-bond donors (Lipinski definition) is 1. The normalized spacial score (nSPS) is 20.9. The van der Waals surface area contributed by atoms with Gasteiger partial charge in [0, 0.05) is 31.2 Å². The number of allylic oxidation sites excluding steroid dienone is 3. The van der Waals surface area contributed by atoms with Gasteiger partial charge >= 0.3 is 0 Å². The van der Waals surface area contributed by atoms with Crippen molar-refractivity contribution < 1.29 is 9.53 Å². The molecule has 126 valence electrons. The molecule has 0 radical (unpaired) electrons. The van der Waals surface area contributed by atoms with Crippen molar-refractivity contribution in [3.05, 3.63) is 40.7 Å². The first-order valence-corrected chi connectivity index (χ1v) is 8.38. The van der Waals surface area contributed by atoms with Gasteiger partial charge in [-0.3, -0.25) is 9.48 Å². The number of carbonyl (C=O) groups is 1. The van der Waals surface area contributed by atoms with Gasteiger partial charge in [-0.1, -0.05) is 13.8 Å². The zero-order chi connectivity index (χ0) is 17.3. The van der Waals surface area contributed by atoms with E-state index in [1.54, 1.807) is 0 Å². The van der Waals surface area contributed by atoms with Crippen molar-refractivity contribution in [2.75, 3.05) is 0 Å². The van der Waals surface area contributed by atoms with Crippen LogP contribution < -0.4 is 5.73 Å². The second-order valence-electron chi connectivity index (χ2n) is 6.72. The molecule has 1 aromatic rings. The van der Waals surface area contributed by atoms with Crippen molar-refractivity contribution in [2.45, 2.75) is 52.0 Å². The van der Waals surface area contributed by atoms with Crippen LogP contribution in [-0.2, 0) is 16.1 Å². The molecular formula is C18H22N4O2. The molecule has 0 bridgehead atoms. The minimum absolute atomic E-state index is 0.0261. The number of Topliss-reactive ketones (excluding diaryl/α,β-unsaturated/α-hetero) is 1. The van der Waals surface area contributed by atoms with Crippen LogP contribution in [0.2, 0.25) is 0 Å². The van der Waals surface area contributed by atoms with Gasteiger partial charge in [0.05, 0.1) is 11.6 Å². The number of nitrogens with two attached hydrogens (primary N) is 1. The number of ether oxygens (including phenoxy) is 1. The number of carbonyl (C=O) groups excluding carboxylic acids is 1. The first-order valence-electron chi connectivity index (χ1n) is 8.38. The number of nitrogens with zero attached hydrogens (tertiary/aromatic N) is 3. The van der Waals surface area contributed by atoms with Gasteiger partial charge in [0.1, 0.15) is 17.4 Å². The molecule has 2 heterocycles. The Hall–Kier alpha value is -2.55. The summed E-state index contributed by atoms with van der Waals surface area (Å²) in [5.74, 6) is 0.794. The molecule has 0 saturated carbocycles. The maximum absolute atomic E-state index is 12.5. The Kier molecular flexibility index (Phi) is 4.43. The monoisotopic (exact) mass is 326 g/mol. The minimum atomic E-state index is -0.508. The van der Waals surface area contributed by atoms with Crippen molar-refractivity contribution in [3.63, 3.8) is 0 Å². The number of hydrogen-bond acceptors (Lipinski definition) is 5. The van der Waals surface area contributed by atoms with Crippen molar-refractivity contribution in [2.24, 2.45) is 11.7 Å². The summed E-state index contributed by atoms with van der Waals surface area (Å²) >= 11 is 0. The lowest BCUT2D eigenvalue weighted by Crippen LogP contribution is -2.27. The van der Waals surface area contributed by atoms with Crippen LogP contribution in [0.15, 0.2) is 35.1 Å². The van der Waals surface area contributed by atoms with Crippen LogP contribution in [0.4, 0.5) is 0 Å². The van der Waals surface area contributed by atoms with Gasteiger partial charge in [-0.25, -0.2) is 0 Å². The van der Waals surface area contributed by atoms with Crippen LogP contribution >= 0.6 is 0 Å². The molecule has 6 heteroatoms. The summed E-state index contributed by atoms with van der Waals surface area (Å²) in [6.45, 7) is 5.14. The zero-order valence-electron chi connectivity index (χ0n) is 14.1. The van der Waals surface area contributed by atoms with E-state index in [4.69, 9.17) is 10.5 Å². The molecule has 1 aliphatic carbocycles. The number of rotatable bonds is 4. The van der Waals surface area contributed by atoms with Crippen molar-refractivity contribution >= 4 is 5.78 Å². The van der Waals surface area contributed by atoms with Crippen molar-refractivity contribution in [1.29, 1.82) is 5.26 Å². The Labute approximate surface area is 141 Å². The van der Waals surface area contributed by atoms with E-state index in [9.17, 15) is 10.1 Å². The van der Waals surface area contributed by atoms with Gasteiger partial charge in [0.2, 0.25) is 5.88 Å². The summed E-state index contributed by atoms with van der Waals surface area (Å²) in [7, 11) is 0. The summed E-state index contributed by atoms with van der Waals surface area (Å²) in [5.41, 5.74) is 7.45. The van der Waals surface area contributed by atoms with Crippen LogP contribution in [0.5, 0.6) is 0 Å². The Morgan fingerprint density at radius 1 is 1.50 bits per heavy atom. The lowest BCUT2D eigenvalue weighted by Gasteiger charge is -2.29. The third kappa shape index (κ3) is 2.94. The second-order valence-corrected chi connectivity index (χ2v) is 6.72. The summed E-state index contributed by atoms with van der Waals surface area (Å²) < 4.78 is 7.43. The maximum atomic E-state index is 12.5. The van der Waals surface area contributed by atoms with Crippen LogP contribution in [0, 0.1) is 17.2 Å². The van der Waals surface area contributed by atoms with Gasteiger partial charge < -0.3 is 10.5 Å². The van der Waals surface area contributed by atoms with Crippen LogP contribution in [0.3, 0.4) is 0 Å². The molecule has 0 unspecified atom stereocenters. The van der Waals surface area contributed by atoms with Crippen LogP contribution in [0.1, 0.15) is 51.1 Å². The molecule has 1 aliphatic heterocycles. The highest BCUT2D eigenvalue weighted by Crippen LogP contribution is 2.42. The molecule has 0 spiro atoms. The fourth-order valence-electron chi connectivity index (χ4n) is 3.20. The first-order chi connectivity index (χ1) is 11.5. The average Bonchev–Trinajstić information content (AvgIpc) is 3.00. The topological polar surface area (TPSA) is 93.9 Å². The third-order valence-electron chi connectivity index (χ3n) is 4.50. The quantitative estimate of drug-likeness (QED) is 0.918. The number of aryl methyl sites for hydroxylation is 1. The van der Waals surface area contributed by atoms with E-state index in [0.717, 1.165) is 19.4 Å². The smallest absolute Gasteiger partial charge is 0.205 e. The molecule has 6 nitrogen and oxygen atoms in total. The second kappa shape index (κ2) is 6.52. The van der Waals surface area contributed by atoms with E-state index < -0.39 is 5.92 Å². The Morgan fingerprint density at radius 3 is 3.00 bits per heavy atom. The molecule has 0 aromatic carbocycles. The highest BCUT2D eigenvalue weighted by atomic mass is 16.5. The number of ketones is 1. The lowest BCUT2D eigenvalue weighted by atomic mass is 9.80. The summed E-state index contributed by atoms with van der Waals surface area (Å²) in [5, 5.41) is 14.1. The van der Waals surface area contributed by atoms with Gasteiger partial charge in [-0.2, -0.15) is 10.4 Å². The molecule has 3 rings (SSSR count). The van der Waals surface area contributed by atoms with Crippen molar-refractivity contribution in [3.8, 4) is 6.07 Å². The van der Waals surface area contributed by atoms with E-state index in [0.29, 0.717) is 35.8 Å². The highest BCUT2D eigenvalue weighted by Gasteiger charge is 2.39. The Morgan fingerprint density at radius 2 is 2.29 bits per heavy atom.